The van der Waals surface area contributed by atoms with Crippen molar-refractivity contribution >= 4 is 11.9 Å². The van der Waals surface area contributed by atoms with Crippen LogP contribution in [0.25, 0.3) is 0 Å². The molecule has 4 heteroatoms. The standard InChI is InChI=1S/C15H26O4/c1-3-5-12-10(4-2)6-7-11(8-14(16)17)13(12)9-15(18)19/h10-13H,3-9H2,1-2H3,(H,16,17)(H,18,19). The zero-order chi connectivity index (χ0) is 14.4. The van der Waals surface area contributed by atoms with Crippen LogP contribution >= 0.6 is 0 Å². The van der Waals surface area contributed by atoms with E-state index in [1.165, 1.54) is 0 Å². The summed E-state index contributed by atoms with van der Waals surface area (Å²) in [4.78, 5) is 22.1. The van der Waals surface area contributed by atoms with Gasteiger partial charge in [0.25, 0.3) is 0 Å². The Morgan fingerprint density at radius 3 is 2.00 bits per heavy atom. The Hall–Kier alpha value is -1.06. The van der Waals surface area contributed by atoms with E-state index in [-0.39, 0.29) is 24.7 Å². The Morgan fingerprint density at radius 1 is 0.947 bits per heavy atom. The van der Waals surface area contributed by atoms with E-state index >= 15 is 0 Å². The van der Waals surface area contributed by atoms with Crippen molar-refractivity contribution in [3.8, 4) is 0 Å². The van der Waals surface area contributed by atoms with Gasteiger partial charge in [-0.1, -0.05) is 33.1 Å². The molecule has 1 saturated carbocycles. The number of carboxylic acids is 2. The molecule has 0 heterocycles. The number of carbonyl (C=O) groups is 2. The molecule has 2 N–H and O–H groups in total. The van der Waals surface area contributed by atoms with Crippen LogP contribution in [-0.2, 0) is 9.59 Å². The first-order valence-corrected chi connectivity index (χ1v) is 7.43. The molecule has 0 aliphatic heterocycles. The van der Waals surface area contributed by atoms with Gasteiger partial charge in [0.15, 0.2) is 0 Å². The van der Waals surface area contributed by atoms with Gasteiger partial charge in [-0.3, -0.25) is 9.59 Å². The predicted octanol–water partition coefficient (Wildman–Crippen LogP) is 3.40. The molecular formula is C15H26O4. The van der Waals surface area contributed by atoms with E-state index < -0.39 is 11.9 Å². The van der Waals surface area contributed by atoms with E-state index in [4.69, 9.17) is 10.2 Å². The molecule has 0 radical (unpaired) electrons. The van der Waals surface area contributed by atoms with Gasteiger partial charge in [0, 0.05) is 12.8 Å². The first-order valence-electron chi connectivity index (χ1n) is 7.43. The molecule has 0 amide bonds. The van der Waals surface area contributed by atoms with Crippen molar-refractivity contribution in [2.75, 3.05) is 0 Å². The summed E-state index contributed by atoms with van der Waals surface area (Å²) in [6.07, 6.45) is 5.29. The van der Waals surface area contributed by atoms with E-state index in [9.17, 15) is 9.59 Å². The molecule has 19 heavy (non-hydrogen) atoms. The van der Waals surface area contributed by atoms with E-state index in [0.29, 0.717) is 11.8 Å². The van der Waals surface area contributed by atoms with Crippen LogP contribution in [-0.4, -0.2) is 22.2 Å². The normalized spacial score (nSPS) is 31.1. The summed E-state index contributed by atoms with van der Waals surface area (Å²) < 4.78 is 0. The lowest BCUT2D eigenvalue weighted by molar-refractivity contribution is -0.144. The fraction of sp³-hybridized carbons (Fsp3) is 0.867. The zero-order valence-electron chi connectivity index (χ0n) is 12.0. The molecule has 4 nitrogen and oxygen atoms in total. The number of hydrogen-bond acceptors (Lipinski definition) is 2. The smallest absolute Gasteiger partial charge is 0.303 e. The lowest BCUT2D eigenvalue weighted by Gasteiger charge is -2.42. The van der Waals surface area contributed by atoms with Gasteiger partial charge in [-0.15, -0.1) is 0 Å². The third-order valence-electron chi connectivity index (χ3n) is 4.66. The van der Waals surface area contributed by atoms with Crippen LogP contribution in [0.3, 0.4) is 0 Å². The van der Waals surface area contributed by atoms with Gasteiger partial charge in [-0.05, 0) is 36.5 Å². The van der Waals surface area contributed by atoms with Gasteiger partial charge in [0.1, 0.15) is 0 Å². The van der Waals surface area contributed by atoms with E-state index in [0.717, 1.165) is 32.1 Å². The average molecular weight is 270 g/mol. The molecule has 4 unspecified atom stereocenters. The maximum absolute atomic E-state index is 11.1. The van der Waals surface area contributed by atoms with Crippen LogP contribution in [0, 0.1) is 23.7 Å². The highest BCUT2D eigenvalue weighted by Gasteiger charge is 2.39. The molecule has 0 aromatic rings. The van der Waals surface area contributed by atoms with Crippen molar-refractivity contribution in [2.24, 2.45) is 23.7 Å². The number of hydrogen-bond donors (Lipinski definition) is 2. The van der Waals surface area contributed by atoms with E-state index in [1.807, 2.05) is 0 Å². The van der Waals surface area contributed by atoms with Crippen LogP contribution in [0.4, 0.5) is 0 Å². The molecule has 4 atom stereocenters. The Labute approximate surface area is 115 Å². The minimum atomic E-state index is -0.800. The Balaban J connectivity index is 2.87. The summed E-state index contributed by atoms with van der Waals surface area (Å²) in [5.41, 5.74) is 0. The third kappa shape index (κ3) is 4.51. The Bertz CT molecular complexity index is 313. The third-order valence-corrected chi connectivity index (χ3v) is 4.66. The highest BCUT2D eigenvalue weighted by molar-refractivity contribution is 5.68. The SMILES string of the molecule is CCCC1C(CC)CCC(CC(=O)O)C1CC(=O)O. The molecule has 1 aliphatic rings. The van der Waals surface area contributed by atoms with Crippen LogP contribution in [0.1, 0.15) is 58.8 Å². The molecule has 1 fully saturated rings. The molecule has 0 bridgehead atoms. The molecule has 0 aromatic carbocycles. The molecule has 0 aromatic heterocycles. The first-order chi connectivity index (χ1) is 8.99. The van der Waals surface area contributed by atoms with Crippen molar-refractivity contribution in [2.45, 2.75) is 58.8 Å². The summed E-state index contributed by atoms with van der Waals surface area (Å²) in [5.74, 6) is -0.581. The highest BCUT2D eigenvalue weighted by Crippen LogP contribution is 2.45. The molecular weight excluding hydrogens is 244 g/mol. The second-order valence-electron chi connectivity index (χ2n) is 5.82. The molecule has 1 rings (SSSR count). The topological polar surface area (TPSA) is 74.6 Å². The van der Waals surface area contributed by atoms with E-state index in [2.05, 4.69) is 13.8 Å². The first kappa shape index (κ1) is 16.0. The van der Waals surface area contributed by atoms with Crippen molar-refractivity contribution < 1.29 is 19.8 Å². The predicted molar refractivity (Wildman–Crippen MR) is 72.9 cm³/mol. The van der Waals surface area contributed by atoms with Gasteiger partial charge in [0.05, 0.1) is 0 Å². The van der Waals surface area contributed by atoms with Crippen LogP contribution in [0.15, 0.2) is 0 Å². The Morgan fingerprint density at radius 2 is 1.53 bits per heavy atom. The van der Waals surface area contributed by atoms with Gasteiger partial charge in [-0.25, -0.2) is 0 Å². The maximum atomic E-state index is 11.1. The molecule has 0 spiro atoms. The van der Waals surface area contributed by atoms with Crippen molar-refractivity contribution in [1.29, 1.82) is 0 Å². The fourth-order valence-electron chi connectivity index (χ4n) is 3.84. The number of rotatable bonds is 7. The summed E-state index contributed by atoms with van der Waals surface area (Å²) in [5, 5.41) is 18.1. The van der Waals surface area contributed by atoms with Crippen LogP contribution < -0.4 is 0 Å². The lowest BCUT2D eigenvalue weighted by atomic mass is 9.62. The maximum Gasteiger partial charge on any atom is 0.303 e. The molecule has 0 saturated heterocycles. The lowest BCUT2D eigenvalue weighted by Crippen LogP contribution is -2.37. The van der Waals surface area contributed by atoms with Gasteiger partial charge < -0.3 is 10.2 Å². The number of carboxylic acid groups (broad SMARTS) is 2. The van der Waals surface area contributed by atoms with Gasteiger partial charge >= 0.3 is 11.9 Å². The second kappa shape index (κ2) is 7.51. The van der Waals surface area contributed by atoms with Crippen molar-refractivity contribution in [1.82, 2.24) is 0 Å². The molecule has 110 valence electrons. The summed E-state index contributed by atoms with van der Waals surface area (Å²) >= 11 is 0. The van der Waals surface area contributed by atoms with Gasteiger partial charge in [-0.2, -0.15) is 0 Å². The number of aliphatic carboxylic acids is 2. The second-order valence-corrected chi connectivity index (χ2v) is 5.82. The average Bonchev–Trinajstić information content (AvgIpc) is 2.32. The summed E-state index contributed by atoms with van der Waals surface area (Å²) in [6, 6.07) is 0. The minimum absolute atomic E-state index is 0.0345. The van der Waals surface area contributed by atoms with Crippen molar-refractivity contribution in [3.63, 3.8) is 0 Å². The van der Waals surface area contributed by atoms with Crippen molar-refractivity contribution in [3.05, 3.63) is 0 Å². The summed E-state index contributed by atoms with van der Waals surface area (Å²) in [6.45, 7) is 4.27. The largest absolute Gasteiger partial charge is 0.481 e. The van der Waals surface area contributed by atoms with Gasteiger partial charge in [0.2, 0.25) is 0 Å². The summed E-state index contributed by atoms with van der Waals surface area (Å²) in [7, 11) is 0. The fourth-order valence-corrected chi connectivity index (χ4v) is 3.84. The van der Waals surface area contributed by atoms with Crippen LogP contribution in [0.2, 0.25) is 0 Å². The minimum Gasteiger partial charge on any atom is -0.481 e. The molecule has 1 aliphatic carbocycles. The van der Waals surface area contributed by atoms with Crippen LogP contribution in [0.5, 0.6) is 0 Å². The zero-order valence-corrected chi connectivity index (χ0v) is 12.0. The quantitative estimate of drug-likeness (QED) is 0.743. The highest BCUT2D eigenvalue weighted by atomic mass is 16.4. The van der Waals surface area contributed by atoms with E-state index in [1.54, 1.807) is 0 Å². The monoisotopic (exact) mass is 270 g/mol. The Kier molecular flexibility index (Phi) is 6.32.